The second-order valence-electron chi connectivity index (χ2n) is 7.03. The molecule has 3 rings (SSSR count). The number of amidine groups is 1. The van der Waals surface area contributed by atoms with Crippen LogP contribution in [0.3, 0.4) is 0 Å². The lowest BCUT2D eigenvalue weighted by Crippen LogP contribution is -2.40. The Morgan fingerprint density at radius 1 is 1.20 bits per heavy atom. The molecule has 1 heterocycles. The number of nitrogens with zero attached hydrogens (tertiary/aromatic N) is 2. The molecule has 1 aliphatic heterocycles. The first kappa shape index (κ1) is 18.3. The molecule has 1 saturated carbocycles. The van der Waals surface area contributed by atoms with E-state index in [2.05, 4.69) is 29.3 Å². The van der Waals surface area contributed by atoms with E-state index in [1.54, 1.807) is 11.8 Å². The number of nitrogens with one attached hydrogen (secondary N) is 1. The maximum atomic E-state index is 12.7. The lowest BCUT2D eigenvalue weighted by Gasteiger charge is -2.21. The summed E-state index contributed by atoms with van der Waals surface area (Å²) in [6.07, 6.45) is 8.65. The van der Waals surface area contributed by atoms with Gasteiger partial charge in [0.15, 0.2) is 5.17 Å². The number of aryl methyl sites for hydroxylation is 1. The average molecular weight is 360 g/mol. The minimum atomic E-state index is -0.139. The Hall–Kier alpha value is -1.49. The molecule has 1 aliphatic carbocycles. The van der Waals surface area contributed by atoms with Crippen LogP contribution < -0.4 is 5.32 Å². The summed E-state index contributed by atoms with van der Waals surface area (Å²) in [5.41, 5.74) is 2.15. The van der Waals surface area contributed by atoms with Crippen molar-refractivity contribution in [1.82, 2.24) is 4.90 Å². The third kappa shape index (κ3) is 4.78. The highest BCUT2D eigenvalue weighted by atomic mass is 32.2. The highest BCUT2D eigenvalue weighted by molar-refractivity contribution is 8.14. The Kier molecular flexibility index (Phi) is 6.40. The van der Waals surface area contributed by atoms with E-state index in [0.717, 1.165) is 23.0 Å². The molecule has 1 N–H and O–H groups in total. The molecule has 0 spiro atoms. The summed E-state index contributed by atoms with van der Waals surface area (Å²) in [6.45, 7) is 2.13. The van der Waals surface area contributed by atoms with Crippen molar-refractivity contribution in [3.8, 4) is 0 Å². The number of likely N-dealkylation sites (N-methyl/N-ethyl adjacent to an activating group) is 1. The molecule has 1 aromatic carbocycles. The normalized spacial score (nSPS) is 23.7. The number of hydrogen-bond donors (Lipinski definition) is 1. The van der Waals surface area contributed by atoms with E-state index >= 15 is 0 Å². The molecule has 1 aromatic rings. The van der Waals surface area contributed by atoms with Crippen molar-refractivity contribution < 1.29 is 4.79 Å². The predicted molar refractivity (Wildman–Crippen MR) is 107 cm³/mol. The summed E-state index contributed by atoms with van der Waals surface area (Å²) in [4.78, 5) is 19.7. The van der Waals surface area contributed by atoms with Gasteiger partial charge in [-0.3, -0.25) is 9.79 Å². The van der Waals surface area contributed by atoms with Gasteiger partial charge < -0.3 is 10.2 Å². The molecule has 2 fully saturated rings. The van der Waals surface area contributed by atoms with Gasteiger partial charge in [-0.05, 0) is 37.0 Å². The van der Waals surface area contributed by atoms with Crippen LogP contribution in [0.25, 0.3) is 0 Å². The van der Waals surface area contributed by atoms with Gasteiger partial charge in [-0.25, -0.2) is 0 Å². The number of rotatable bonds is 4. The molecule has 5 heteroatoms. The van der Waals surface area contributed by atoms with E-state index < -0.39 is 0 Å². The number of hydrogen-bond acceptors (Lipinski definition) is 3. The van der Waals surface area contributed by atoms with Gasteiger partial charge in [0, 0.05) is 18.5 Å². The lowest BCUT2D eigenvalue weighted by molar-refractivity contribution is -0.118. The zero-order valence-electron chi connectivity index (χ0n) is 15.3. The van der Waals surface area contributed by atoms with Crippen LogP contribution in [0.4, 0.5) is 5.69 Å². The summed E-state index contributed by atoms with van der Waals surface area (Å²) in [5.74, 6) is 0.839. The van der Waals surface area contributed by atoms with Gasteiger partial charge in [-0.15, -0.1) is 0 Å². The van der Waals surface area contributed by atoms with Crippen LogP contribution in [0.5, 0.6) is 0 Å². The Balaban J connectivity index is 1.60. The van der Waals surface area contributed by atoms with Crippen LogP contribution in [-0.2, 0) is 11.2 Å². The summed E-state index contributed by atoms with van der Waals surface area (Å²) in [6, 6.07) is 8.42. The second-order valence-corrected chi connectivity index (χ2v) is 8.02. The number of benzene rings is 1. The first-order valence-electron chi connectivity index (χ1n) is 9.50. The van der Waals surface area contributed by atoms with E-state index in [1.807, 2.05) is 19.2 Å². The van der Waals surface area contributed by atoms with E-state index in [1.165, 1.54) is 44.1 Å². The van der Waals surface area contributed by atoms with Crippen LogP contribution in [0, 0.1) is 0 Å². The summed E-state index contributed by atoms with van der Waals surface area (Å²) in [7, 11) is 2.00. The van der Waals surface area contributed by atoms with Crippen LogP contribution in [-0.4, -0.2) is 40.9 Å². The molecule has 0 aromatic heterocycles. The molecule has 0 bridgehead atoms. The van der Waals surface area contributed by atoms with Gasteiger partial charge in [0.05, 0.1) is 6.04 Å². The first-order chi connectivity index (χ1) is 12.2. The fourth-order valence-electron chi connectivity index (χ4n) is 3.47. The molecule has 2 aliphatic rings. The van der Waals surface area contributed by atoms with Gasteiger partial charge in [0.25, 0.3) is 0 Å². The summed E-state index contributed by atoms with van der Waals surface area (Å²) in [5, 5.41) is 4.09. The van der Waals surface area contributed by atoms with E-state index in [-0.39, 0.29) is 11.9 Å². The molecular weight excluding hydrogens is 330 g/mol. The minimum absolute atomic E-state index is 0.0605. The average Bonchev–Trinajstić information content (AvgIpc) is 2.83. The van der Waals surface area contributed by atoms with Crippen molar-refractivity contribution in [1.29, 1.82) is 0 Å². The van der Waals surface area contributed by atoms with Gasteiger partial charge in [-0.2, -0.15) is 0 Å². The lowest BCUT2D eigenvalue weighted by atomic mass is 10.1. The fourth-order valence-corrected chi connectivity index (χ4v) is 4.71. The molecule has 0 radical (unpaired) electrons. The number of amides is 1. The number of anilines is 1. The number of carbonyl (C=O) groups excluding carboxylic acids is 1. The summed E-state index contributed by atoms with van der Waals surface area (Å²) < 4.78 is 0. The summed E-state index contributed by atoms with van der Waals surface area (Å²) >= 11 is 1.72. The van der Waals surface area contributed by atoms with E-state index in [0.29, 0.717) is 6.04 Å². The monoisotopic (exact) mass is 359 g/mol. The standard InChI is InChI=1S/C20H29N3OS/c1-3-15-10-12-17(13-11-15)21-19(24)18-14-25-20(23(18)2)22-16-8-6-4-5-7-9-16/h10-13,16,18H,3-9,14H2,1-2H3,(H,21,24). The highest BCUT2D eigenvalue weighted by Crippen LogP contribution is 2.27. The smallest absolute Gasteiger partial charge is 0.248 e. The van der Waals surface area contributed by atoms with Gasteiger partial charge in [-0.1, -0.05) is 56.5 Å². The second kappa shape index (κ2) is 8.75. The van der Waals surface area contributed by atoms with Crippen molar-refractivity contribution in [2.24, 2.45) is 4.99 Å². The van der Waals surface area contributed by atoms with Crippen LogP contribution in [0.15, 0.2) is 29.3 Å². The van der Waals surface area contributed by atoms with Gasteiger partial charge >= 0.3 is 0 Å². The molecule has 1 amide bonds. The zero-order chi connectivity index (χ0) is 17.6. The maximum Gasteiger partial charge on any atom is 0.248 e. The number of carbonyl (C=O) groups is 1. The van der Waals surface area contributed by atoms with E-state index in [9.17, 15) is 4.79 Å². The Labute approximate surface area is 155 Å². The van der Waals surface area contributed by atoms with Crippen LogP contribution >= 0.6 is 11.8 Å². The van der Waals surface area contributed by atoms with Gasteiger partial charge in [0.2, 0.25) is 5.91 Å². The van der Waals surface area contributed by atoms with E-state index in [4.69, 9.17) is 4.99 Å². The quantitative estimate of drug-likeness (QED) is 0.815. The molecular formula is C20H29N3OS. The Morgan fingerprint density at radius 3 is 2.52 bits per heavy atom. The number of aliphatic imine (C=N–C) groups is 1. The molecule has 25 heavy (non-hydrogen) atoms. The highest BCUT2D eigenvalue weighted by Gasteiger charge is 2.33. The molecule has 4 nitrogen and oxygen atoms in total. The Morgan fingerprint density at radius 2 is 1.88 bits per heavy atom. The topological polar surface area (TPSA) is 44.7 Å². The third-order valence-corrected chi connectivity index (χ3v) is 6.32. The van der Waals surface area contributed by atoms with Crippen LogP contribution in [0.2, 0.25) is 0 Å². The first-order valence-corrected chi connectivity index (χ1v) is 10.5. The minimum Gasteiger partial charge on any atom is -0.342 e. The van der Waals surface area contributed by atoms with Crippen LogP contribution in [0.1, 0.15) is 51.0 Å². The SMILES string of the molecule is CCc1ccc(NC(=O)C2CSC(=NC3CCCCCC3)N2C)cc1. The van der Waals surface area contributed by atoms with Gasteiger partial charge in [0.1, 0.15) is 6.04 Å². The van der Waals surface area contributed by atoms with Crippen molar-refractivity contribution in [3.05, 3.63) is 29.8 Å². The zero-order valence-corrected chi connectivity index (χ0v) is 16.1. The van der Waals surface area contributed by atoms with Crippen molar-refractivity contribution in [3.63, 3.8) is 0 Å². The fraction of sp³-hybridized carbons (Fsp3) is 0.600. The van der Waals surface area contributed by atoms with Crippen molar-refractivity contribution >= 4 is 28.5 Å². The third-order valence-electron chi connectivity index (χ3n) is 5.19. The largest absolute Gasteiger partial charge is 0.342 e. The predicted octanol–water partition coefficient (Wildman–Crippen LogP) is 4.31. The Bertz CT molecular complexity index is 606. The maximum absolute atomic E-state index is 12.7. The molecule has 1 unspecified atom stereocenters. The number of thioether (sulfide) groups is 1. The molecule has 136 valence electrons. The van der Waals surface area contributed by atoms with Crippen molar-refractivity contribution in [2.45, 2.75) is 64.0 Å². The molecule has 1 atom stereocenters. The van der Waals surface area contributed by atoms with Crippen molar-refractivity contribution in [2.75, 3.05) is 18.1 Å². The molecule has 1 saturated heterocycles.